The van der Waals surface area contributed by atoms with Crippen LogP contribution in [0.15, 0.2) is 59.5 Å². The topological polar surface area (TPSA) is 94.3 Å². The Kier molecular flexibility index (Phi) is 4.16. The van der Waals surface area contributed by atoms with Crippen LogP contribution in [-0.4, -0.2) is 21.8 Å². The Morgan fingerprint density at radius 2 is 1.93 bits per heavy atom. The minimum absolute atomic E-state index is 0.124. The number of nitrogens with zero attached hydrogens (tertiary/aromatic N) is 2. The molecule has 7 nitrogen and oxygen atoms in total. The van der Waals surface area contributed by atoms with E-state index in [-0.39, 0.29) is 23.8 Å². The second kappa shape index (κ2) is 6.84. The lowest BCUT2D eigenvalue weighted by molar-refractivity contribution is -0.123. The van der Waals surface area contributed by atoms with E-state index in [0.717, 1.165) is 11.1 Å². The molecular weight excluding hydrogens is 370 g/mol. The first-order valence-electron chi connectivity index (χ1n) is 9.64. The molecule has 1 N–H and O–H groups in total. The van der Waals surface area contributed by atoms with Crippen molar-refractivity contribution in [2.24, 2.45) is 5.92 Å². The van der Waals surface area contributed by atoms with Crippen molar-refractivity contribution in [2.75, 3.05) is 5.32 Å². The first-order valence-corrected chi connectivity index (χ1v) is 9.64. The highest BCUT2D eigenvalue weighted by atomic mass is 16.6. The highest BCUT2D eigenvalue weighted by molar-refractivity contribution is 5.94. The minimum atomic E-state index is -0.629. The molecule has 1 aromatic carbocycles. The Balaban J connectivity index is 1.25. The van der Waals surface area contributed by atoms with E-state index < -0.39 is 5.60 Å². The van der Waals surface area contributed by atoms with Crippen molar-refractivity contribution in [1.29, 1.82) is 0 Å². The van der Waals surface area contributed by atoms with Crippen LogP contribution in [0, 0.1) is 5.92 Å². The third kappa shape index (κ3) is 3.08. The van der Waals surface area contributed by atoms with Gasteiger partial charge in [-0.05, 0) is 31.7 Å². The Hall–Kier alpha value is -3.48. The molecule has 7 heteroatoms. The second-order valence-corrected chi connectivity index (χ2v) is 7.47. The highest BCUT2D eigenvalue weighted by Crippen LogP contribution is 2.47. The molecule has 146 valence electrons. The van der Waals surface area contributed by atoms with Crippen molar-refractivity contribution < 1.29 is 18.7 Å². The number of hydrogen-bond acceptors (Lipinski definition) is 6. The molecule has 3 aromatic rings. The molecule has 5 rings (SSSR count). The van der Waals surface area contributed by atoms with Gasteiger partial charge in [0, 0.05) is 29.4 Å². The fourth-order valence-corrected chi connectivity index (χ4v) is 4.24. The Bertz CT molecular complexity index is 1070. The smallest absolute Gasteiger partial charge is 0.341 e. The van der Waals surface area contributed by atoms with E-state index in [1.807, 2.05) is 36.4 Å². The number of oxazole rings is 1. The van der Waals surface area contributed by atoms with Crippen LogP contribution in [0.4, 0.5) is 6.01 Å². The van der Waals surface area contributed by atoms with E-state index in [9.17, 15) is 9.59 Å². The zero-order valence-electron chi connectivity index (χ0n) is 15.6. The molecule has 1 spiro atoms. The summed E-state index contributed by atoms with van der Waals surface area (Å²) in [5.41, 5.74) is 2.38. The third-order valence-corrected chi connectivity index (χ3v) is 5.79. The quantitative estimate of drug-likeness (QED) is 0.682. The van der Waals surface area contributed by atoms with E-state index in [4.69, 9.17) is 9.15 Å². The summed E-state index contributed by atoms with van der Waals surface area (Å²) in [6, 6.07) is 11.7. The maximum atomic E-state index is 12.7. The zero-order valence-corrected chi connectivity index (χ0v) is 15.6. The van der Waals surface area contributed by atoms with Crippen LogP contribution in [-0.2, 0) is 15.1 Å². The van der Waals surface area contributed by atoms with Crippen LogP contribution in [0.25, 0.3) is 11.3 Å². The van der Waals surface area contributed by atoms with Gasteiger partial charge in [0.2, 0.25) is 5.91 Å². The van der Waals surface area contributed by atoms with Crippen molar-refractivity contribution in [3.05, 3.63) is 66.2 Å². The fraction of sp³-hybridized carbons (Fsp3) is 0.273. The number of aromatic nitrogens is 2. The third-order valence-electron chi connectivity index (χ3n) is 5.79. The largest absolute Gasteiger partial charge is 0.451 e. The van der Waals surface area contributed by atoms with Gasteiger partial charge in [-0.15, -0.1) is 0 Å². The molecule has 0 atom stereocenters. The van der Waals surface area contributed by atoms with Gasteiger partial charge in [-0.3, -0.25) is 15.1 Å². The number of carbonyl (C=O) groups excluding carboxylic acids is 2. The Morgan fingerprint density at radius 1 is 1.14 bits per heavy atom. The normalized spacial score (nSPS) is 22.9. The molecular formula is C22H19N3O4. The van der Waals surface area contributed by atoms with E-state index in [2.05, 4.69) is 15.3 Å². The number of benzene rings is 1. The molecule has 1 saturated carbocycles. The van der Waals surface area contributed by atoms with Crippen LogP contribution in [0.1, 0.15) is 41.6 Å². The van der Waals surface area contributed by atoms with Gasteiger partial charge in [0.25, 0.3) is 0 Å². The molecule has 1 aliphatic heterocycles. The minimum Gasteiger partial charge on any atom is -0.451 e. The monoisotopic (exact) mass is 389 g/mol. The summed E-state index contributed by atoms with van der Waals surface area (Å²) in [7, 11) is 0. The van der Waals surface area contributed by atoms with Gasteiger partial charge >= 0.3 is 12.0 Å². The van der Waals surface area contributed by atoms with Gasteiger partial charge in [-0.25, -0.2) is 4.79 Å². The molecule has 29 heavy (non-hydrogen) atoms. The summed E-state index contributed by atoms with van der Waals surface area (Å²) in [6.45, 7) is 0. The predicted octanol–water partition coefficient (Wildman–Crippen LogP) is 3.93. The van der Waals surface area contributed by atoms with Crippen LogP contribution in [0.2, 0.25) is 0 Å². The number of pyridine rings is 1. The summed E-state index contributed by atoms with van der Waals surface area (Å²) in [4.78, 5) is 33.2. The van der Waals surface area contributed by atoms with Crippen molar-refractivity contribution in [1.82, 2.24) is 9.97 Å². The van der Waals surface area contributed by atoms with Crippen LogP contribution in [0.3, 0.4) is 0 Å². The molecule has 1 fully saturated rings. The molecule has 1 amide bonds. The molecule has 3 heterocycles. The number of ether oxygens (including phenoxy) is 1. The van der Waals surface area contributed by atoms with Gasteiger partial charge < -0.3 is 9.15 Å². The summed E-state index contributed by atoms with van der Waals surface area (Å²) in [5.74, 6) is -0.637. The molecule has 0 radical (unpaired) electrons. The molecule has 1 aliphatic carbocycles. The zero-order chi connectivity index (χ0) is 19.8. The lowest BCUT2D eigenvalue weighted by Crippen LogP contribution is -2.36. The average Bonchev–Trinajstić information content (AvgIpc) is 3.33. The maximum Gasteiger partial charge on any atom is 0.341 e. The number of hydrogen-bond donors (Lipinski definition) is 1. The lowest BCUT2D eigenvalue weighted by atomic mass is 9.75. The van der Waals surface area contributed by atoms with Gasteiger partial charge in [-0.1, -0.05) is 30.3 Å². The predicted molar refractivity (Wildman–Crippen MR) is 104 cm³/mol. The Morgan fingerprint density at radius 3 is 2.72 bits per heavy atom. The van der Waals surface area contributed by atoms with E-state index in [0.29, 0.717) is 36.9 Å². The maximum absolute atomic E-state index is 12.7. The second-order valence-electron chi connectivity index (χ2n) is 7.47. The summed E-state index contributed by atoms with van der Waals surface area (Å²) in [6.07, 6.45) is 7.21. The van der Waals surface area contributed by atoms with Crippen molar-refractivity contribution in [3.8, 4) is 11.3 Å². The molecule has 0 saturated heterocycles. The number of esters is 1. The van der Waals surface area contributed by atoms with E-state index >= 15 is 0 Å². The number of nitrogens with one attached hydrogen (secondary N) is 1. The van der Waals surface area contributed by atoms with Gasteiger partial charge in [-0.2, -0.15) is 4.98 Å². The van der Waals surface area contributed by atoms with Crippen molar-refractivity contribution >= 4 is 17.9 Å². The molecule has 2 aliphatic rings. The van der Waals surface area contributed by atoms with E-state index in [1.54, 1.807) is 12.4 Å². The number of anilines is 1. The lowest BCUT2D eigenvalue weighted by Gasteiger charge is -2.35. The van der Waals surface area contributed by atoms with Crippen LogP contribution in [0.5, 0.6) is 0 Å². The van der Waals surface area contributed by atoms with Crippen molar-refractivity contribution in [2.45, 2.75) is 31.3 Å². The van der Waals surface area contributed by atoms with Gasteiger partial charge in [0.1, 0.15) is 17.6 Å². The summed E-state index contributed by atoms with van der Waals surface area (Å²) < 4.78 is 11.1. The van der Waals surface area contributed by atoms with Crippen molar-refractivity contribution in [3.63, 3.8) is 0 Å². The molecule has 0 unspecified atom stereocenters. The first kappa shape index (κ1) is 17.6. The summed E-state index contributed by atoms with van der Waals surface area (Å²) >= 11 is 0. The highest BCUT2D eigenvalue weighted by Gasteiger charge is 2.48. The molecule has 2 aromatic heterocycles. The number of carbonyl (C=O) groups is 2. The van der Waals surface area contributed by atoms with E-state index in [1.165, 1.54) is 6.26 Å². The van der Waals surface area contributed by atoms with Gasteiger partial charge in [0.05, 0.1) is 5.56 Å². The average molecular weight is 389 g/mol. The standard InChI is InChI=1S/C22H19N3O4/c26-19(25-21-24-18(13-28-21)14-4-2-1-3-5-14)15-6-9-22(10-7-15)17-8-11-23-12-16(17)20(27)29-22/h1-5,8,11-13,15H,6-7,9-10H2,(H,24,25,26). The Labute approximate surface area is 167 Å². The summed E-state index contributed by atoms with van der Waals surface area (Å²) in [5, 5.41) is 2.77. The number of fused-ring (bicyclic) bond motifs is 2. The van der Waals surface area contributed by atoms with Gasteiger partial charge in [0.15, 0.2) is 0 Å². The van der Waals surface area contributed by atoms with Crippen LogP contribution < -0.4 is 5.32 Å². The number of amides is 1. The number of rotatable bonds is 3. The molecule has 0 bridgehead atoms. The first-order chi connectivity index (χ1) is 14.1. The van der Waals surface area contributed by atoms with Crippen LogP contribution >= 0.6 is 0 Å². The SMILES string of the molecule is O=C1OC2(CCC(C(=O)Nc3nc(-c4ccccc4)co3)CC2)c2ccncc21. The fourth-order valence-electron chi connectivity index (χ4n) is 4.24.